The predicted octanol–water partition coefficient (Wildman–Crippen LogP) is -1.94. The van der Waals surface area contributed by atoms with Crippen LogP contribution in [0.25, 0.3) is 0 Å². The molecule has 5 N–H and O–H groups in total. The van der Waals surface area contributed by atoms with Crippen molar-refractivity contribution in [3.8, 4) is 0 Å². The number of hydrogen-bond acceptors (Lipinski definition) is 6. The van der Waals surface area contributed by atoms with Crippen LogP contribution in [0.5, 0.6) is 0 Å². The highest BCUT2D eigenvalue weighted by molar-refractivity contribution is 6.15. The highest BCUT2D eigenvalue weighted by Crippen LogP contribution is 2.09. The zero-order chi connectivity index (χ0) is 20.5. The first-order valence-electron chi connectivity index (χ1n) is 9.14. The fraction of sp³-hybridized carbons (Fsp3) is 0.750. The Balaban J connectivity index is 4.33. The van der Waals surface area contributed by atoms with Gasteiger partial charge in [-0.1, -0.05) is 6.42 Å². The summed E-state index contributed by atoms with van der Waals surface area (Å²) in [6.07, 6.45) is 5.36. The number of hydrogen-bond donors (Lipinski definition) is 4. The molecule has 1 unspecified atom stereocenters. The van der Waals surface area contributed by atoms with Crippen LogP contribution in [0.15, 0.2) is 0 Å². The molecule has 0 aromatic heterocycles. The number of carbonyl (C=O) groups is 4. The van der Waals surface area contributed by atoms with Gasteiger partial charge in [-0.15, -0.1) is 0 Å². The van der Waals surface area contributed by atoms with Crippen molar-refractivity contribution in [2.75, 3.05) is 26.2 Å². The molecule has 4 radical (unpaired) electrons. The molecule has 0 rings (SSSR count). The molecule has 0 aliphatic carbocycles. The van der Waals surface area contributed by atoms with E-state index < -0.39 is 17.9 Å². The van der Waals surface area contributed by atoms with Gasteiger partial charge >= 0.3 is 0 Å². The lowest BCUT2D eigenvalue weighted by atomic mass is 10.1. The van der Waals surface area contributed by atoms with Gasteiger partial charge in [-0.3, -0.25) is 19.3 Å². The Morgan fingerprint density at radius 2 is 1.74 bits per heavy atom. The summed E-state index contributed by atoms with van der Waals surface area (Å²) in [4.78, 5) is 47.4. The summed E-state index contributed by atoms with van der Waals surface area (Å²) in [7, 11) is 10.3. The fourth-order valence-electron chi connectivity index (χ4n) is 2.59. The molecule has 1 atom stereocenters. The number of unbranched alkanes of at least 4 members (excludes halogenated alkanes) is 3. The van der Waals surface area contributed by atoms with Crippen LogP contribution in [-0.2, 0) is 19.2 Å². The molecule has 9 nitrogen and oxygen atoms in total. The first-order valence-corrected chi connectivity index (χ1v) is 9.14. The Morgan fingerprint density at radius 3 is 2.33 bits per heavy atom. The third-order valence-corrected chi connectivity index (χ3v) is 4.04. The van der Waals surface area contributed by atoms with Crippen LogP contribution in [0.1, 0.15) is 44.9 Å². The van der Waals surface area contributed by atoms with Crippen LogP contribution >= 0.6 is 0 Å². The zero-order valence-electron chi connectivity index (χ0n) is 15.7. The van der Waals surface area contributed by atoms with Gasteiger partial charge in [0.25, 0.3) is 0 Å². The van der Waals surface area contributed by atoms with Crippen molar-refractivity contribution in [3.05, 3.63) is 0 Å². The lowest BCUT2D eigenvalue weighted by molar-refractivity contribution is -0.128. The standard InChI is InChI=1S/C16H29B2N5O4/c17-21-15(26)12-23(10-11-24)13(16(27)22-18)6-3-5-9-20-14(25)7-2-1-4-8-19/h11,13H,1-10,12,19H2,(H,20,25)(H,21,26)(H,22,27). The van der Waals surface area contributed by atoms with E-state index in [1.54, 1.807) is 0 Å². The Morgan fingerprint density at radius 1 is 1.00 bits per heavy atom. The number of amides is 3. The number of nitrogens with zero attached hydrogens (tertiary/aromatic N) is 1. The van der Waals surface area contributed by atoms with Gasteiger partial charge < -0.3 is 26.3 Å². The topological polar surface area (TPSA) is 134 Å². The Labute approximate surface area is 163 Å². The van der Waals surface area contributed by atoms with Crippen molar-refractivity contribution in [1.82, 2.24) is 20.7 Å². The van der Waals surface area contributed by atoms with E-state index in [0.29, 0.717) is 45.1 Å². The van der Waals surface area contributed by atoms with Gasteiger partial charge in [-0.25, -0.2) is 0 Å². The summed E-state index contributed by atoms with van der Waals surface area (Å²) >= 11 is 0. The molecule has 0 aliphatic rings. The maximum absolute atomic E-state index is 12.0. The molecule has 0 saturated heterocycles. The molecular formula is C16H29B2N5O4. The van der Waals surface area contributed by atoms with Crippen LogP contribution in [0.3, 0.4) is 0 Å². The third kappa shape index (κ3) is 12.2. The molecule has 3 amide bonds. The van der Waals surface area contributed by atoms with E-state index in [1.807, 2.05) is 10.5 Å². The van der Waals surface area contributed by atoms with E-state index in [9.17, 15) is 19.2 Å². The molecule has 0 saturated carbocycles. The Kier molecular flexibility index (Phi) is 15.2. The molecular weight excluding hydrogens is 348 g/mol. The molecule has 0 fully saturated rings. The molecule has 11 heteroatoms. The van der Waals surface area contributed by atoms with Crippen molar-refractivity contribution in [2.24, 2.45) is 5.73 Å². The van der Waals surface area contributed by atoms with Gasteiger partial charge in [0.15, 0.2) is 0 Å². The minimum Gasteiger partial charge on any atom is -0.408 e. The second-order valence-electron chi connectivity index (χ2n) is 6.13. The van der Waals surface area contributed by atoms with Crippen LogP contribution < -0.4 is 21.5 Å². The Hall–Kier alpha value is -1.87. The molecule has 0 aliphatic heterocycles. The summed E-state index contributed by atoms with van der Waals surface area (Å²) in [5.74, 6) is -1.02. The van der Waals surface area contributed by atoms with Crippen molar-refractivity contribution < 1.29 is 19.2 Å². The van der Waals surface area contributed by atoms with E-state index in [4.69, 9.17) is 21.7 Å². The lowest BCUT2D eigenvalue weighted by Gasteiger charge is -2.28. The molecule has 0 bridgehead atoms. The number of aldehydes is 1. The first kappa shape index (κ1) is 25.1. The molecule has 0 spiro atoms. The van der Waals surface area contributed by atoms with Crippen molar-refractivity contribution >= 4 is 40.0 Å². The normalized spacial score (nSPS) is 11.6. The quantitative estimate of drug-likeness (QED) is 0.141. The highest BCUT2D eigenvalue weighted by Gasteiger charge is 2.25. The summed E-state index contributed by atoms with van der Waals surface area (Å²) < 4.78 is 0. The monoisotopic (exact) mass is 377 g/mol. The highest BCUT2D eigenvalue weighted by atomic mass is 16.2. The molecule has 0 aromatic rings. The van der Waals surface area contributed by atoms with Crippen LogP contribution in [0.2, 0.25) is 0 Å². The molecule has 0 heterocycles. The summed E-state index contributed by atoms with van der Waals surface area (Å²) in [6.45, 7) is 0.814. The van der Waals surface area contributed by atoms with Crippen molar-refractivity contribution in [3.63, 3.8) is 0 Å². The van der Waals surface area contributed by atoms with Crippen LogP contribution in [0, 0.1) is 0 Å². The van der Waals surface area contributed by atoms with E-state index >= 15 is 0 Å². The largest absolute Gasteiger partial charge is 0.408 e. The summed E-state index contributed by atoms with van der Waals surface area (Å²) in [5.41, 5.74) is 5.40. The van der Waals surface area contributed by atoms with Gasteiger partial charge in [-0.05, 0) is 38.6 Å². The second-order valence-corrected chi connectivity index (χ2v) is 6.13. The van der Waals surface area contributed by atoms with E-state index in [-0.39, 0.29) is 19.0 Å². The molecule has 0 aromatic carbocycles. The minimum atomic E-state index is -0.746. The van der Waals surface area contributed by atoms with Gasteiger partial charge in [0.1, 0.15) is 6.29 Å². The molecule has 148 valence electrons. The van der Waals surface area contributed by atoms with Crippen molar-refractivity contribution in [2.45, 2.75) is 51.0 Å². The maximum atomic E-state index is 12.0. The molecule has 27 heavy (non-hydrogen) atoms. The smallest absolute Gasteiger partial charge is 0.226 e. The number of nitrogens with two attached hydrogens (primary N) is 1. The van der Waals surface area contributed by atoms with E-state index in [0.717, 1.165) is 19.3 Å². The average Bonchev–Trinajstić information content (AvgIpc) is 2.67. The van der Waals surface area contributed by atoms with Crippen LogP contribution in [-0.4, -0.2) is 77.1 Å². The SMILES string of the molecule is [B]NC(=O)CN(CC=O)C(CCCCNC(=O)CCCCCN)C(=O)N[B]. The van der Waals surface area contributed by atoms with E-state index in [2.05, 4.69) is 5.32 Å². The fourth-order valence-corrected chi connectivity index (χ4v) is 2.59. The van der Waals surface area contributed by atoms with Gasteiger partial charge in [0.05, 0.1) is 19.1 Å². The third-order valence-electron chi connectivity index (χ3n) is 4.04. The van der Waals surface area contributed by atoms with Crippen LogP contribution in [0.4, 0.5) is 0 Å². The zero-order valence-corrected chi connectivity index (χ0v) is 15.7. The number of rotatable bonds is 16. The van der Waals surface area contributed by atoms with Crippen molar-refractivity contribution in [1.29, 1.82) is 0 Å². The number of carbonyl (C=O) groups excluding carboxylic acids is 4. The van der Waals surface area contributed by atoms with Gasteiger partial charge in [0, 0.05) is 13.0 Å². The number of nitrogens with one attached hydrogen (secondary N) is 3. The predicted molar refractivity (Wildman–Crippen MR) is 104 cm³/mol. The summed E-state index contributed by atoms with van der Waals surface area (Å²) in [5, 5.41) is 6.84. The lowest BCUT2D eigenvalue weighted by Crippen LogP contribution is -2.50. The maximum Gasteiger partial charge on any atom is 0.226 e. The average molecular weight is 377 g/mol. The first-order chi connectivity index (χ1) is 13.0. The van der Waals surface area contributed by atoms with Gasteiger partial charge in [-0.2, -0.15) is 0 Å². The second kappa shape index (κ2) is 16.3. The summed E-state index contributed by atoms with van der Waals surface area (Å²) in [6, 6.07) is -0.746. The van der Waals surface area contributed by atoms with Gasteiger partial charge in [0.2, 0.25) is 33.7 Å². The minimum absolute atomic E-state index is 0.00882. The Bertz CT molecular complexity index is 468. The van der Waals surface area contributed by atoms with E-state index in [1.165, 1.54) is 4.90 Å².